The van der Waals surface area contributed by atoms with Gasteiger partial charge in [0.05, 0.1) is 16.7 Å². The molecule has 3 heterocycles. The Bertz CT molecular complexity index is 3760. The highest BCUT2D eigenvalue weighted by Gasteiger charge is 2.44. The third-order valence-corrected chi connectivity index (χ3v) is 14.8. The maximum absolute atomic E-state index is 14.4. The summed E-state index contributed by atoms with van der Waals surface area (Å²) >= 11 is 0. The number of carbonyl (C=O) groups is 1. The number of hydrogen-bond acceptors (Lipinski definition) is 6. The Morgan fingerprint density at radius 3 is 1.88 bits per heavy atom. The summed E-state index contributed by atoms with van der Waals surface area (Å²) in [6.45, 7) is 15.0. The van der Waals surface area contributed by atoms with Crippen LogP contribution in [0.1, 0.15) is 87.9 Å². The SMILES string of the molecule is CC(C)(C)OC(=O)C1c2ccc(-c3cccc4c3C(C)(C)c3cc5c(cc3-4)c3ccccc3n5-c3nc(-c4ccccc4)nc(-c4ccccc4)n3)cc2-c2cc3c(cc21)C(C)(C)c1ncccc1-3. The quantitative estimate of drug-likeness (QED) is 0.160. The van der Waals surface area contributed by atoms with Gasteiger partial charge in [-0.15, -0.1) is 0 Å². The summed E-state index contributed by atoms with van der Waals surface area (Å²) in [6.07, 6.45) is 1.88. The molecule has 0 N–H and O–H groups in total. The predicted molar refractivity (Wildman–Crippen MR) is 277 cm³/mol. The number of esters is 1. The standard InChI is InChI=1S/C62H49N5O2/c1-60(2,3)69-58(68)53-40-28-27-37(30-43(40)44-31-46-42-25-17-29-63-55(42)62(6,7)49(46)33-48(44)53)38-23-16-24-41-45-32-47-39-22-14-15-26-51(39)67(52(47)34-50(45)61(4,5)54(38)41)59-65-56(35-18-10-8-11-19-35)64-57(66-59)36-20-12-9-13-21-36/h8-34,53H,1-7H3. The average molecular weight is 896 g/mol. The first-order valence-electron chi connectivity index (χ1n) is 23.9. The second kappa shape index (κ2) is 14.5. The number of ether oxygens (including phenoxy) is 1. The minimum atomic E-state index is -0.637. The summed E-state index contributed by atoms with van der Waals surface area (Å²) in [5.41, 5.74) is 18.5. The summed E-state index contributed by atoms with van der Waals surface area (Å²) < 4.78 is 8.40. The van der Waals surface area contributed by atoms with E-state index in [-0.39, 0.29) is 16.8 Å². The number of hydrogen-bond donors (Lipinski definition) is 0. The van der Waals surface area contributed by atoms with Gasteiger partial charge in [0.1, 0.15) is 11.5 Å². The minimum Gasteiger partial charge on any atom is -0.459 e. The number of rotatable bonds is 5. The molecule has 3 aromatic heterocycles. The molecule has 0 radical (unpaired) electrons. The van der Waals surface area contributed by atoms with Crippen LogP contribution in [0.2, 0.25) is 0 Å². The predicted octanol–water partition coefficient (Wildman–Crippen LogP) is 14.4. The van der Waals surface area contributed by atoms with Crippen molar-refractivity contribution in [2.24, 2.45) is 0 Å². The lowest BCUT2D eigenvalue weighted by molar-refractivity contribution is -0.155. The Balaban J connectivity index is 0.983. The van der Waals surface area contributed by atoms with Gasteiger partial charge >= 0.3 is 5.97 Å². The van der Waals surface area contributed by atoms with Gasteiger partial charge < -0.3 is 4.74 Å². The summed E-state index contributed by atoms with van der Waals surface area (Å²) in [4.78, 5) is 34.7. The van der Waals surface area contributed by atoms with Crippen LogP contribution in [0.4, 0.5) is 0 Å². The monoisotopic (exact) mass is 895 g/mol. The summed E-state index contributed by atoms with van der Waals surface area (Å²) in [5.74, 6) is 1.03. The van der Waals surface area contributed by atoms with Crippen LogP contribution in [0, 0.1) is 0 Å². The van der Waals surface area contributed by atoms with Gasteiger partial charge in [0, 0.05) is 44.5 Å². The van der Waals surface area contributed by atoms with Crippen LogP contribution < -0.4 is 0 Å². The average Bonchev–Trinajstić information content (AvgIpc) is 4.00. The highest BCUT2D eigenvalue weighted by molar-refractivity contribution is 6.12. The fraction of sp³-hybridized carbons (Fsp3) is 0.177. The Morgan fingerprint density at radius 2 is 1.16 bits per heavy atom. The number of benzene rings is 7. The zero-order valence-electron chi connectivity index (χ0n) is 39.7. The molecule has 7 nitrogen and oxygen atoms in total. The van der Waals surface area contributed by atoms with Crippen molar-refractivity contribution in [3.05, 3.63) is 197 Å². The van der Waals surface area contributed by atoms with E-state index in [0.717, 1.165) is 72.0 Å². The van der Waals surface area contributed by atoms with Crippen LogP contribution in [0.5, 0.6) is 0 Å². The van der Waals surface area contributed by atoms with Crippen molar-refractivity contribution in [1.29, 1.82) is 0 Å². The van der Waals surface area contributed by atoms with Crippen LogP contribution in [-0.2, 0) is 20.4 Å². The molecular weight excluding hydrogens is 847 g/mol. The fourth-order valence-corrected chi connectivity index (χ4v) is 11.8. The Labute approximate surface area is 401 Å². The summed E-state index contributed by atoms with van der Waals surface area (Å²) in [5, 5.41) is 2.27. The summed E-state index contributed by atoms with van der Waals surface area (Å²) in [7, 11) is 0. The van der Waals surface area contributed by atoms with Crippen molar-refractivity contribution in [2.75, 3.05) is 0 Å². The molecule has 1 atom stereocenters. The Kier molecular flexibility index (Phi) is 8.65. The normalized spacial score (nSPS) is 15.6. The zero-order valence-corrected chi connectivity index (χ0v) is 39.7. The molecule has 1 unspecified atom stereocenters. The molecule has 0 aliphatic heterocycles. The molecule has 0 spiro atoms. The van der Waals surface area contributed by atoms with E-state index in [1.165, 1.54) is 38.9 Å². The van der Waals surface area contributed by atoms with E-state index < -0.39 is 11.5 Å². The molecule has 3 aliphatic carbocycles. The third kappa shape index (κ3) is 6.09. The van der Waals surface area contributed by atoms with E-state index >= 15 is 0 Å². The van der Waals surface area contributed by atoms with E-state index in [4.69, 9.17) is 24.7 Å². The first-order chi connectivity index (χ1) is 33.3. The topological polar surface area (TPSA) is 82.8 Å². The fourth-order valence-electron chi connectivity index (χ4n) is 11.8. The van der Waals surface area contributed by atoms with Crippen LogP contribution in [0.25, 0.3) is 95.0 Å². The van der Waals surface area contributed by atoms with Gasteiger partial charge in [-0.05, 0) is 124 Å². The Hall–Kier alpha value is -8.03. The van der Waals surface area contributed by atoms with Gasteiger partial charge in [0.2, 0.25) is 5.95 Å². The number of aromatic nitrogens is 5. The van der Waals surface area contributed by atoms with Crippen molar-refractivity contribution in [3.8, 4) is 73.2 Å². The van der Waals surface area contributed by atoms with Gasteiger partial charge in [-0.3, -0.25) is 14.3 Å². The Morgan fingerprint density at radius 1 is 0.522 bits per heavy atom. The first-order valence-corrected chi connectivity index (χ1v) is 23.9. The van der Waals surface area contributed by atoms with Crippen molar-refractivity contribution >= 4 is 27.8 Å². The number of pyridine rings is 1. The molecule has 7 aromatic carbocycles. The number of nitrogens with zero attached hydrogens (tertiary/aromatic N) is 5. The molecule has 0 saturated carbocycles. The van der Waals surface area contributed by atoms with E-state index in [2.05, 4.69) is 123 Å². The van der Waals surface area contributed by atoms with Gasteiger partial charge in [0.15, 0.2) is 11.6 Å². The van der Waals surface area contributed by atoms with E-state index in [1.807, 2.05) is 93.7 Å². The van der Waals surface area contributed by atoms with E-state index in [9.17, 15) is 4.79 Å². The molecule has 0 fully saturated rings. The molecule has 334 valence electrons. The van der Waals surface area contributed by atoms with E-state index in [0.29, 0.717) is 17.6 Å². The number of para-hydroxylation sites is 1. The van der Waals surface area contributed by atoms with Gasteiger partial charge in [-0.1, -0.05) is 149 Å². The second-order valence-electron chi connectivity index (χ2n) is 20.9. The van der Waals surface area contributed by atoms with Crippen LogP contribution in [-0.4, -0.2) is 36.1 Å². The molecule has 3 aliphatic rings. The highest BCUT2D eigenvalue weighted by Crippen LogP contribution is 2.57. The zero-order chi connectivity index (χ0) is 47.1. The van der Waals surface area contributed by atoms with Crippen molar-refractivity contribution in [2.45, 2.75) is 70.8 Å². The number of fused-ring (bicyclic) bond motifs is 12. The lowest BCUT2D eigenvalue weighted by Crippen LogP contribution is -2.27. The first kappa shape index (κ1) is 41.2. The highest BCUT2D eigenvalue weighted by atomic mass is 16.6. The lowest BCUT2D eigenvalue weighted by Gasteiger charge is -2.25. The van der Waals surface area contributed by atoms with Crippen LogP contribution >= 0.6 is 0 Å². The molecule has 7 heteroatoms. The number of carbonyl (C=O) groups excluding carboxylic acids is 1. The maximum Gasteiger partial charge on any atom is 0.318 e. The van der Waals surface area contributed by atoms with Gasteiger partial charge in [-0.25, -0.2) is 4.98 Å². The van der Waals surface area contributed by atoms with Crippen LogP contribution in [0.15, 0.2) is 164 Å². The molecule has 0 bridgehead atoms. The van der Waals surface area contributed by atoms with Crippen molar-refractivity contribution in [3.63, 3.8) is 0 Å². The second-order valence-corrected chi connectivity index (χ2v) is 20.9. The molecule has 13 rings (SSSR count). The largest absolute Gasteiger partial charge is 0.459 e. The van der Waals surface area contributed by atoms with Crippen LogP contribution in [0.3, 0.4) is 0 Å². The smallest absolute Gasteiger partial charge is 0.318 e. The maximum atomic E-state index is 14.4. The molecular formula is C62H49N5O2. The van der Waals surface area contributed by atoms with Crippen molar-refractivity contribution < 1.29 is 9.53 Å². The lowest BCUT2D eigenvalue weighted by atomic mass is 9.78. The molecule has 0 amide bonds. The van der Waals surface area contributed by atoms with Crippen molar-refractivity contribution in [1.82, 2.24) is 24.5 Å². The molecule has 69 heavy (non-hydrogen) atoms. The summed E-state index contributed by atoms with van der Waals surface area (Å²) in [6, 6.07) is 55.8. The minimum absolute atomic E-state index is 0.229. The van der Waals surface area contributed by atoms with Gasteiger partial charge in [-0.2, -0.15) is 9.97 Å². The third-order valence-electron chi connectivity index (χ3n) is 14.8. The van der Waals surface area contributed by atoms with E-state index in [1.54, 1.807) is 0 Å². The molecule has 10 aromatic rings. The molecule has 0 saturated heterocycles. The van der Waals surface area contributed by atoms with Gasteiger partial charge in [0.25, 0.3) is 0 Å².